The number of fused-ring (bicyclic) bond motifs is 1. The number of benzene rings is 2. The number of ether oxygens (including phenoxy) is 1. The third kappa shape index (κ3) is 3.59. The number of carbonyl (C=O) groups excluding carboxylic acids is 1. The molecule has 0 aliphatic carbocycles. The van der Waals surface area contributed by atoms with E-state index in [-0.39, 0.29) is 5.69 Å². The monoisotopic (exact) mass is 348 g/mol. The first-order valence-corrected chi connectivity index (χ1v) is 7.96. The second-order valence-electron chi connectivity index (χ2n) is 5.76. The molecule has 0 aliphatic heterocycles. The number of nitrogens with zero attached hydrogens (tertiary/aromatic N) is 2. The molecule has 2 aromatic carbocycles. The Morgan fingerprint density at radius 1 is 1.12 bits per heavy atom. The number of aromatic nitrogens is 1. The maximum absolute atomic E-state index is 11.3. The number of hydrogen-bond acceptors (Lipinski definition) is 5. The van der Waals surface area contributed by atoms with Crippen LogP contribution in [0.2, 0.25) is 0 Å². The van der Waals surface area contributed by atoms with Crippen LogP contribution in [0.3, 0.4) is 0 Å². The molecule has 0 fully saturated rings. The maximum atomic E-state index is 11.3. The van der Waals surface area contributed by atoms with Crippen LogP contribution in [0.25, 0.3) is 23.1 Å². The van der Waals surface area contributed by atoms with Crippen molar-refractivity contribution in [3.8, 4) is 5.75 Å². The lowest BCUT2D eigenvalue weighted by Gasteiger charge is -2.08. The van der Waals surface area contributed by atoms with Gasteiger partial charge >= 0.3 is 5.97 Å². The summed E-state index contributed by atoms with van der Waals surface area (Å²) in [6, 6.07) is 13.8. The summed E-state index contributed by atoms with van der Waals surface area (Å²) >= 11 is 0. The zero-order valence-electron chi connectivity index (χ0n) is 14.3. The first kappa shape index (κ1) is 17.3. The Hall–Kier alpha value is -3.54. The number of carbonyl (C=O) groups is 1. The summed E-state index contributed by atoms with van der Waals surface area (Å²) in [4.78, 5) is 26.5. The van der Waals surface area contributed by atoms with E-state index >= 15 is 0 Å². The molecule has 0 saturated heterocycles. The van der Waals surface area contributed by atoms with E-state index in [9.17, 15) is 14.9 Å². The van der Waals surface area contributed by atoms with E-state index in [4.69, 9.17) is 4.74 Å². The Morgan fingerprint density at radius 2 is 1.88 bits per heavy atom. The first-order chi connectivity index (χ1) is 12.5. The van der Waals surface area contributed by atoms with E-state index in [1.165, 1.54) is 13.0 Å². The number of para-hydroxylation sites is 1. The highest BCUT2D eigenvalue weighted by Gasteiger charge is 2.11. The van der Waals surface area contributed by atoms with Crippen LogP contribution in [0, 0.1) is 17.0 Å². The molecule has 0 N–H and O–H groups in total. The highest BCUT2D eigenvalue weighted by atomic mass is 16.6. The summed E-state index contributed by atoms with van der Waals surface area (Å²) in [6.45, 7) is 3.29. The number of rotatable bonds is 4. The molecule has 0 saturated carbocycles. The summed E-state index contributed by atoms with van der Waals surface area (Å²) in [6.07, 6.45) is 3.34. The van der Waals surface area contributed by atoms with Crippen LogP contribution in [0.15, 0.2) is 48.5 Å². The summed E-state index contributed by atoms with van der Waals surface area (Å²) < 4.78 is 5.24. The van der Waals surface area contributed by atoms with Crippen LogP contribution < -0.4 is 4.74 Å². The normalized spacial score (nSPS) is 11.0. The van der Waals surface area contributed by atoms with E-state index in [2.05, 4.69) is 4.98 Å². The second-order valence-corrected chi connectivity index (χ2v) is 5.76. The number of nitro groups is 1. The summed E-state index contributed by atoms with van der Waals surface area (Å²) in [5.41, 5.74) is 2.71. The number of aryl methyl sites for hydroxylation is 1. The molecule has 0 bridgehead atoms. The van der Waals surface area contributed by atoms with Gasteiger partial charge in [-0.1, -0.05) is 24.3 Å². The minimum atomic E-state index is -0.421. The SMILES string of the molecule is CC(=O)Oc1ccc(C)c2ccc(/C=C/c3ccccc3[N+](=O)[O-])nc12. The molecule has 0 spiro atoms. The number of pyridine rings is 1. The van der Waals surface area contributed by atoms with Gasteiger partial charge in [0.05, 0.1) is 16.2 Å². The Bertz CT molecular complexity index is 1040. The third-order valence-corrected chi connectivity index (χ3v) is 3.88. The number of esters is 1. The molecule has 130 valence electrons. The van der Waals surface area contributed by atoms with Crippen LogP contribution in [0.4, 0.5) is 5.69 Å². The van der Waals surface area contributed by atoms with Crippen molar-refractivity contribution in [2.24, 2.45) is 0 Å². The zero-order valence-corrected chi connectivity index (χ0v) is 14.3. The average molecular weight is 348 g/mol. The van der Waals surface area contributed by atoms with Gasteiger partial charge in [-0.25, -0.2) is 4.98 Å². The fourth-order valence-corrected chi connectivity index (χ4v) is 2.65. The van der Waals surface area contributed by atoms with Crippen molar-refractivity contribution in [1.82, 2.24) is 4.98 Å². The minimum Gasteiger partial charge on any atom is -0.424 e. The van der Waals surface area contributed by atoms with Crippen molar-refractivity contribution >= 4 is 34.7 Å². The van der Waals surface area contributed by atoms with Crippen molar-refractivity contribution < 1.29 is 14.5 Å². The lowest BCUT2D eigenvalue weighted by molar-refractivity contribution is -0.385. The van der Waals surface area contributed by atoms with Crippen LogP contribution >= 0.6 is 0 Å². The second kappa shape index (κ2) is 7.14. The Balaban J connectivity index is 2.04. The predicted molar refractivity (Wildman–Crippen MR) is 99.8 cm³/mol. The third-order valence-electron chi connectivity index (χ3n) is 3.88. The lowest BCUT2D eigenvalue weighted by atomic mass is 10.1. The average Bonchev–Trinajstić information content (AvgIpc) is 2.62. The molecule has 6 nitrogen and oxygen atoms in total. The summed E-state index contributed by atoms with van der Waals surface area (Å²) in [5, 5.41) is 12.0. The number of hydrogen-bond donors (Lipinski definition) is 0. The Morgan fingerprint density at radius 3 is 2.62 bits per heavy atom. The van der Waals surface area contributed by atoms with Gasteiger partial charge in [0, 0.05) is 18.4 Å². The molecule has 1 heterocycles. The zero-order chi connectivity index (χ0) is 18.7. The van der Waals surface area contributed by atoms with Crippen LogP contribution in [-0.2, 0) is 4.79 Å². The highest BCUT2D eigenvalue weighted by Crippen LogP contribution is 2.28. The molecule has 0 unspecified atom stereocenters. The highest BCUT2D eigenvalue weighted by molar-refractivity contribution is 5.90. The van der Waals surface area contributed by atoms with E-state index < -0.39 is 10.9 Å². The maximum Gasteiger partial charge on any atom is 0.308 e. The van der Waals surface area contributed by atoms with E-state index in [0.717, 1.165) is 10.9 Å². The van der Waals surface area contributed by atoms with Gasteiger partial charge in [-0.15, -0.1) is 0 Å². The molecule has 0 amide bonds. The van der Waals surface area contributed by atoms with Crippen molar-refractivity contribution in [3.05, 3.63) is 75.5 Å². The van der Waals surface area contributed by atoms with Crippen LogP contribution in [0.1, 0.15) is 23.7 Å². The quantitative estimate of drug-likeness (QED) is 0.299. The van der Waals surface area contributed by atoms with E-state index in [1.807, 2.05) is 25.1 Å². The minimum absolute atomic E-state index is 0.0287. The molecule has 0 atom stereocenters. The van der Waals surface area contributed by atoms with Crippen molar-refractivity contribution in [3.63, 3.8) is 0 Å². The van der Waals surface area contributed by atoms with Crippen LogP contribution in [0.5, 0.6) is 5.75 Å². The topological polar surface area (TPSA) is 82.3 Å². The largest absolute Gasteiger partial charge is 0.424 e. The Labute approximate surface area is 149 Å². The van der Waals surface area contributed by atoms with Gasteiger partial charge in [-0.05, 0) is 42.8 Å². The lowest BCUT2D eigenvalue weighted by Crippen LogP contribution is -2.03. The Kier molecular flexibility index (Phi) is 4.75. The van der Waals surface area contributed by atoms with Gasteiger partial charge in [0.15, 0.2) is 5.75 Å². The standard InChI is InChI=1S/C20H16N2O4/c1-13-7-12-19(26-14(2)23)20-17(13)11-10-16(21-20)9-8-15-5-3-4-6-18(15)22(24)25/h3-12H,1-2H3/b9-8+. The molecule has 3 aromatic rings. The molecule has 1 aromatic heterocycles. The smallest absolute Gasteiger partial charge is 0.308 e. The predicted octanol–water partition coefficient (Wildman–Crippen LogP) is 4.55. The number of nitro benzene ring substituents is 1. The molecule has 6 heteroatoms. The molecule has 3 rings (SSSR count). The van der Waals surface area contributed by atoms with Gasteiger partial charge in [-0.3, -0.25) is 14.9 Å². The van der Waals surface area contributed by atoms with Gasteiger partial charge in [0.2, 0.25) is 0 Å². The molecule has 0 radical (unpaired) electrons. The van der Waals surface area contributed by atoms with Crippen molar-refractivity contribution in [2.75, 3.05) is 0 Å². The van der Waals surface area contributed by atoms with Gasteiger partial charge in [0.1, 0.15) is 5.52 Å². The fraction of sp³-hybridized carbons (Fsp3) is 0.100. The van der Waals surface area contributed by atoms with Gasteiger partial charge in [0.25, 0.3) is 5.69 Å². The van der Waals surface area contributed by atoms with Crippen molar-refractivity contribution in [2.45, 2.75) is 13.8 Å². The van der Waals surface area contributed by atoms with E-state index in [1.54, 1.807) is 36.4 Å². The van der Waals surface area contributed by atoms with E-state index in [0.29, 0.717) is 22.5 Å². The van der Waals surface area contributed by atoms with Crippen LogP contribution in [-0.4, -0.2) is 15.9 Å². The summed E-state index contributed by atoms with van der Waals surface area (Å²) in [5.74, 6) is -0.0307. The molecule has 26 heavy (non-hydrogen) atoms. The van der Waals surface area contributed by atoms with Gasteiger partial charge in [-0.2, -0.15) is 0 Å². The molecule has 0 aliphatic rings. The fourth-order valence-electron chi connectivity index (χ4n) is 2.65. The molecular formula is C20H16N2O4. The van der Waals surface area contributed by atoms with Gasteiger partial charge < -0.3 is 4.74 Å². The summed E-state index contributed by atoms with van der Waals surface area (Å²) in [7, 11) is 0. The first-order valence-electron chi connectivity index (χ1n) is 7.96. The van der Waals surface area contributed by atoms with Crippen molar-refractivity contribution in [1.29, 1.82) is 0 Å². The molecular weight excluding hydrogens is 332 g/mol.